The summed E-state index contributed by atoms with van der Waals surface area (Å²) in [6.07, 6.45) is 3.69. The summed E-state index contributed by atoms with van der Waals surface area (Å²) in [5.41, 5.74) is 2.29. The lowest BCUT2D eigenvalue weighted by atomic mass is 10.1. The molecule has 0 aliphatic carbocycles. The van der Waals surface area contributed by atoms with Crippen molar-refractivity contribution in [1.82, 2.24) is 4.90 Å². The molecule has 1 heterocycles. The fourth-order valence-electron chi connectivity index (χ4n) is 2.34. The summed E-state index contributed by atoms with van der Waals surface area (Å²) in [4.78, 5) is 2.40. The minimum absolute atomic E-state index is 0.556. The van der Waals surface area contributed by atoms with E-state index in [0.29, 0.717) is 6.04 Å². The van der Waals surface area contributed by atoms with Gasteiger partial charge in [-0.3, -0.25) is 0 Å². The SMILES string of the molecule is Cc1ccc(NC2CCCN(C)CC2)c(Cl)c1. The fourth-order valence-corrected chi connectivity index (χ4v) is 2.63. The molecule has 0 spiro atoms. The zero-order valence-corrected chi connectivity index (χ0v) is 11.4. The van der Waals surface area contributed by atoms with Crippen LogP contribution in [-0.2, 0) is 0 Å². The van der Waals surface area contributed by atoms with Gasteiger partial charge in [0, 0.05) is 6.04 Å². The van der Waals surface area contributed by atoms with Crippen molar-refractivity contribution >= 4 is 17.3 Å². The molecule has 1 aliphatic rings. The summed E-state index contributed by atoms with van der Waals surface area (Å²) in [5.74, 6) is 0. The second-order valence-corrected chi connectivity index (χ2v) is 5.47. The molecule has 0 saturated carbocycles. The number of halogens is 1. The molecule has 0 radical (unpaired) electrons. The Balaban J connectivity index is 2.00. The number of benzene rings is 1. The van der Waals surface area contributed by atoms with Crippen molar-refractivity contribution in [2.75, 3.05) is 25.5 Å². The molecule has 1 N–H and O–H groups in total. The summed E-state index contributed by atoms with van der Waals surface area (Å²) in [5, 5.41) is 4.41. The highest BCUT2D eigenvalue weighted by atomic mass is 35.5. The molecule has 1 aromatic rings. The van der Waals surface area contributed by atoms with Crippen LogP contribution < -0.4 is 5.32 Å². The first-order chi connectivity index (χ1) is 8.15. The number of nitrogens with one attached hydrogen (secondary N) is 1. The topological polar surface area (TPSA) is 15.3 Å². The highest BCUT2D eigenvalue weighted by Gasteiger charge is 2.15. The van der Waals surface area contributed by atoms with Crippen molar-refractivity contribution in [3.63, 3.8) is 0 Å². The van der Waals surface area contributed by atoms with Crippen molar-refractivity contribution in [3.05, 3.63) is 28.8 Å². The zero-order valence-electron chi connectivity index (χ0n) is 10.7. The monoisotopic (exact) mass is 252 g/mol. The minimum atomic E-state index is 0.556. The van der Waals surface area contributed by atoms with Gasteiger partial charge in [-0.05, 0) is 64.0 Å². The summed E-state index contributed by atoms with van der Waals surface area (Å²) < 4.78 is 0. The first-order valence-corrected chi connectivity index (χ1v) is 6.74. The van der Waals surface area contributed by atoms with Gasteiger partial charge in [0.15, 0.2) is 0 Å². The van der Waals surface area contributed by atoms with Crippen molar-refractivity contribution in [2.24, 2.45) is 0 Å². The summed E-state index contributed by atoms with van der Waals surface area (Å²) in [6.45, 7) is 4.44. The van der Waals surface area contributed by atoms with Gasteiger partial charge in [0.1, 0.15) is 0 Å². The Morgan fingerprint density at radius 3 is 2.88 bits per heavy atom. The Bertz CT molecular complexity index is 378. The number of anilines is 1. The van der Waals surface area contributed by atoms with E-state index in [0.717, 1.165) is 10.7 Å². The minimum Gasteiger partial charge on any atom is -0.381 e. The van der Waals surface area contributed by atoms with Crippen molar-refractivity contribution in [3.8, 4) is 0 Å². The van der Waals surface area contributed by atoms with Gasteiger partial charge in [0.25, 0.3) is 0 Å². The second-order valence-electron chi connectivity index (χ2n) is 5.06. The van der Waals surface area contributed by atoms with Crippen LogP contribution in [0.4, 0.5) is 5.69 Å². The number of aryl methyl sites for hydroxylation is 1. The summed E-state index contributed by atoms with van der Waals surface area (Å²) in [6, 6.07) is 6.77. The number of likely N-dealkylation sites (tertiary alicyclic amines) is 1. The molecule has 1 fully saturated rings. The van der Waals surface area contributed by atoms with E-state index in [1.807, 2.05) is 6.07 Å². The molecule has 0 aromatic heterocycles. The van der Waals surface area contributed by atoms with Crippen LogP contribution in [0.25, 0.3) is 0 Å². The van der Waals surface area contributed by atoms with E-state index in [1.165, 1.54) is 37.9 Å². The third kappa shape index (κ3) is 3.62. The van der Waals surface area contributed by atoms with Gasteiger partial charge < -0.3 is 10.2 Å². The van der Waals surface area contributed by atoms with Gasteiger partial charge in [0.05, 0.1) is 10.7 Å². The Morgan fingerprint density at radius 1 is 1.29 bits per heavy atom. The maximum atomic E-state index is 6.25. The highest BCUT2D eigenvalue weighted by molar-refractivity contribution is 6.33. The van der Waals surface area contributed by atoms with Crippen molar-refractivity contribution < 1.29 is 0 Å². The predicted molar refractivity (Wildman–Crippen MR) is 74.9 cm³/mol. The average molecular weight is 253 g/mol. The molecule has 1 atom stereocenters. The van der Waals surface area contributed by atoms with Gasteiger partial charge in [-0.2, -0.15) is 0 Å². The van der Waals surface area contributed by atoms with Crippen LogP contribution in [0.5, 0.6) is 0 Å². The zero-order chi connectivity index (χ0) is 12.3. The van der Waals surface area contributed by atoms with Crippen LogP contribution in [0.15, 0.2) is 18.2 Å². The molecule has 0 amide bonds. The van der Waals surface area contributed by atoms with Gasteiger partial charge >= 0.3 is 0 Å². The Hall–Kier alpha value is -0.730. The molecular formula is C14H21ClN2. The quantitative estimate of drug-likeness (QED) is 0.866. The molecule has 1 aromatic carbocycles. The molecule has 2 nitrogen and oxygen atoms in total. The van der Waals surface area contributed by atoms with Crippen molar-refractivity contribution in [1.29, 1.82) is 0 Å². The van der Waals surface area contributed by atoms with Gasteiger partial charge in [0.2, 0.25) is 0 Å². The van der Waals surface area contributed by atoms with Crippen LogP contribution in [0.1, 0.15) is 24.8 Å². The number of hydrogen-bond donors (Lipinski definition) is 1. The fraction of sp³-hybridized carbons (Fsp3) is 0.571. The number of hydrogen-bond acceptors (Lipinski definition) is 2. The van der Waals surface area contributed by atoms with E-state index in [1.54, 1.807) is 0 Å². The molecule has 1 unspecified atom stereocenters. The lowest BCUT2D eigenvalue weighted by molar-refractivity contribution is 0.348. The van der Waals surface area contributed by atoms with Crippen molar-refractivity contribution in [2.45, 2.75) is 32.2 Å². The van der Waals surface area contributed by atoms with E-state index >= 15 is 0 Å². The third-order valence-corrected chi connectivity index (χ3v) is 3.75. The Kier molecular flexibility index (Phi) is 4.30. The summed E-state index contributed by atoms with van der Waals surface area (Å²) >= 11 is 6.25. The van der Waals surface area contributed by atoms with E-state index in [4.69, 9.17) is 11.6 Å². The van der Waals surface area contributed by atoms with E-state index in [2.05, 4.69) is 36.3 Å². The molecule has 94 valence electrons. The van der Waals surface area contributed by atoms with E-state index in [-0.39, 0.29) is 0 Å². The smallest absolute Gasteiger partial charge is 0.0640 e. The maximum absolute atomic E-state index is 6.25. The molecule has 3 heteroatoms. The molecule has 17 heavy (non-hydrogen) atoms. The molecule has 2 rings (SSSR count). The first kappa shape index (κ1) is 12.7. The normalized spacial score (nSPS) is 22.2. The molecule has 1 saturated heterocycles. The maximum Gasteiger partial charge on any atom is 0.0640 e. The van der Waals surface area contributed by atoms with Gasteiger partial charge in [-0.15, -0.1) is 0 Å². The highest BCUT2D eigenvalue weighted by Crippen LogP contribution is 2.25. The lowest BCUT2D eigenvalue weighted by Crippen LogP contribution is -2.23. The molecular weight excluding hydrogens is 232 g/mol. The molecule has 1 aliphatic heterocycles. The first-order valence-electron chi connectivity index (χ1n) is 6.36. The predicted octanol–water partition coefficient (Wildman–Crippen LogP) is 3.54. The average Bonchev–Trinajstić information content (AvgIpc) is 2.48. The lowest BCUT2D eigenvalue weighted by Gasteiger charge is -2.19. The van der Waals surface area contributed by atoms with E-state index in [9.17, 15) is 0 Å². The van der Waals surface area contributed by atoms with Crippen LogP contribution in [0.3, 0.4) is 0 Å². The third-order valence-electron chi connectivity index (χ3n) is 3.44. The van der Waals surface area contributed by atoms with Crippen LogP contribution >= 0.6 is 11.6 Å². The van der Waals surface area contributed by atoms with Crippen LogP contribution in [-0.4, -0.2) is 31.1 Å². The number of nitrogens with zero attached hydrogens (tertiary/aromatic N) is 1. The van der Waals surface area contributed by atoms with E-state index < -0.39 is 0 Å². The Morgan fingerprint density at radius 2 is 2.12 bits per heavy atom. The summed E-state index contributed by atoms with van der Waals surface area (Å²) in [7, 11) is 2.20. The molecule has 0 bridgehead atoms. The van der Waals surface area contributed by atoms with Crippen LogP contribution in [0.2, 0.25) is 5.02 Å². The second kappa shape index (κ2) is 5.74. The number of rotatable bonds is 2. The standard InChI is InChI=1S/C14H21ClN2/c1-11-5-6-14(13(15)10-11)16-12-4-3-8-17(2)9-7-12/h5-6,10,12,16H,3-4,7-9H2,1-2H3. The van der Waals surface area contributed by atoms with Gasteiger partial charge in [-0.25, -0.2) is 0 Å². The van der Waals surface area contributed by atoms with Gasteiger partial charge in [-0.1, -0.05) is 17.7 Å². The van der Waals surface area contributed by atoms with Crippen LogP contribution in [0, 0.1) is 6.92 Å². The largest absolute Gasteiger partial charge is 0.381 e. The Labute approximate surface area is 109 Å².